The van der Waals surface area contributed by atoms with Crippen molar-refractivity contribution in [1.29, 1.82) is 0 Å². The van der Waals surface area contributed by atoms with Crippen molar-refractivity contribution in [3.8, 4) is 0 Å². The van der Waals surface area contributed by atoms with E-state index in [9.17, 15) is 4.79 Å². The van der Waals surface area contributed by atoms with Crippen LogP contribution in [0.4, 0.5) is 5.82 Å². The van der Waals surface area contributed by atoms with Gasteiger partial charge in [-0.2, -0.15) is 0 Å². The van der Waals surface area contributed by atoms with E-state index < -0.39 is 5.97 Å². The molecule has 0 aliphatic carbocycles. The maximum atomic E-state index is 10.3. The molecule has 1 aromatic heterocycles. The molecule has 82 valence electrons. The Hall–Kier alpha value is -1.10. The molecule has 1 rings (SSSR count). The molecule has 0 amide bonds. The number of pyridine rings is 1. The highest BCUT2D eigenvalue weighted by molar-refractivity contribution is 9.10. The molecule has 0 saturated heterocycles. The van der Waals surface area contributed by atoms with Gasteiger partial charge in [-0.15, -0.1) is 0 Å². The number of aliphatic carboxylic acids is 1. The third kappa shape index (κ3) is 4.29. The molecule has 0 aromatic carbocycles. The highest BCUT2D eigenvalue weighted by Gasteiger charge is 2.01. The largest absolute Gasteiger partial charge is 0.481 e. The first kappa shape index (κ1) is 12.0. The van der Waals surface area contributed by atoms with Crippen LogP contribution in [0.15, 0.2) is 16.7 Å². The summed E-state index contributed by atoms with van der Waals surface area (Å²) in [7, 11) is 0. The van der Waals surface area contributed by atoms with Crippen molar-refractivity contribution < 1.29 is 9.90 Å². The molecule has 1 heterocycles. The minimum atomic E-state index is -0.771. The summed E-state index contributed by atoms with van der Waals surface area (Å²) in [6.45, 7) is 2.58. The van der Waals surface area contributed by atoms with Crippen LogP contribution in [0.5, 0.6) is 0 Å². The third-order valence-electron chi connectivity index (χ3n) is 1.84. The highest BCUT2D eigenvalue weighted by Crippen LogP contribution is 2.20. The van der Waals surface area contributed by atoms with E-state index in [0.717, 1.165) is 15.9 Å². The average Bonchev–Trinajstić information content (AvgIpc) is 2.14. The number of nitrogens with one attached hydrogen (secondary N) is 1. The van der Waals surface area contributed by atoms with Gasteiger partial charge in [0.1, 0.15) is 5.82 Å². The second-order valence-electron chi connectivity index (χ2n) is 3.27. The minimum Gasteiger partial charge on any atom is -0.481 e. The summed E-state index contributed by atoms with van der Waals surface area (Å²) in [6, 6.07) is 1.96. The van der Waals surface area contributed by atoms with Crippen LogP contribution < -0.4 is 5.32 Å². The molecule has 0 unspecified atom stereocenters. The number of carbonyl (C=O) groups is 1. The van der Waals surface area contributed by atoms with Crippen LogP contribution in [0.1, 0.15) is 18.4 Å². The van der Waals surface area contributed by atoms with E-state index in [-0.39, 0.29) is 6.42 Å². The first-order valence-corrected chi connectivity index (χ1v) is 5.46. The smallest absolute Gasteiger partial charge is 0.303 e. The predicted molar refractivity (Wildman–Crippen MR) is 62.0 cm³/mol. The third-order valence-corrected chi connectivity index (χ3v) is 2.44. The number of rotatable bonds is 5. The predicted octanol–water partition coefficient (Wildman–Crippen LogP) is 2.43. The Morgan fingerprint density at radius 1 is 1.67 bits per heavy atom. The maximum Gasteiger partial charge on any atom is 0.303 e. The van der Waals surface area contributed by atoms with Gasteiger partial charge in [0.15, 0.2) is 0 Å². The first-order chi connectivity index (χ1) is 7.09. The van der Waals surface area contributed by atoms with Crippen LogP contribution >= 0.6 is 15.9 Å². The van der Waals surface area contributed by atoms with Gasteiger partial charge in [0, 0.05) is 19.2 Å². The van der Waals surface area contributed by atoms with E-state index in [1.807, 2.05) is 13.0 Å². The molecular formula is C10H13BrN2O2. The number of halogens is 1. The SMILES string of the molecule is Cc1cnc(NCCCC(=O)O)c(Br)c1. The van der Waals surface area contributed by atoms with Crippen LogP contribution in [0.2, 0.25) is 0 Å². The number of hydrogen-bond acceptors (Lipinski definition) is 3. The number of aromatic nitrogens is 1. The number of anilines is 1. The zero-order valence-corrected chi connectivity index (χ0v) is 10.0. The van der Waals surface area contributed by atoms with Gasteiger partial charge in [-0.05, 0) is 40.9 Å². The van der Waals surface area contributed by atoms with Crippen molar-refractivity contribution in [1.82, 2.24) is 4.98 Å². The fourth-order valence-electron chi connectivity index (χ4n) is 1.11. The van der Waals surface area contributed by atoms with Gasteiger partial charge in [0.05, 0.1) is 4.47 Å². The number of aryl methyl sites for hydroxylation is 1. The number of carboxylic acids is 1. The summed E-state index contributed by atoms with van der Waals surface area (Å²) in [5, 5.41) is 11.5. The lowest BCUT2D eigenvalue weighted by molar-refractivity contribution is -0.137. The number of carboxylic acid groups (broad SMARTS) is 1. The van der Waals surface area contributed by atoms with Crippen molar-refractivity contribution >= 4 is 27.7 Å². The second-order valence-corrected chi connectivity index (χ2v) is 4.12. The van der Waals surface area contributed by atoms with E-state index >= 15 is 0 Å². The van der Waals surface area contributed by atoms with E-state index in [1.54, 1.807) is 6.20 Å². The minimum absolute atomic E-state index is 0.177. The summed E-state index contributed by atoms with van der Waals surface area (Å²) in [6.07, 6.45) is 2.54. The lowest BCUT2D eigenvalue weighted by Gasteiger charge is -2.06. The molecule has 0 fully saturated rings. The Balaban J connectivity index is 2.40. The zero-order valence-electron chi connectivity index (χ0n) is 8.46. The summed E-state index contributed by atoms with van der Waals surface area (Å²) < 4.78 is 0.901. The Labute approximate surface area is 96.8 Å². The molecule has 1 aromatic rings. The van der Waals surface area contributed by atoms with Gasteiger partial charge in [0.25, 0.3) is 0 Å². The van der Waals surface area contributed by atoms with Crippen LogP contribution in [0, 0.1) is 6.92 Å². The van der Waals surface area contributed by atoms with Crippen LogP contribution in [-0.4, -0.2) is 22.6 Å². The topological polar surface area (TPSA) is 62.2 Å². The highest BCUT2D eigenvalue weighted by atomic mass is 79.9. The van der Waals surface area contributed by atoms with E-state index in [2.05, 4.69) is 26.2 Å². The van der Waals surface area contributed by atoms with Gasteiger partial charge in [-0.1, -0.05) is 0 Å². The van der Waals surface area contributed by atoms with Crippen molar-refractivity contribution in [2.45, 2.75) is 19.8 Å². The summed E-state index contributed by atoms with van der Waals surface area (Å²) in [5.74, 6) is -0.0151. The normalized spacial score (nSPS) is 10.0. The zero-order chi connectivity index (χ0) is 11.3. The summed E-state index contributed by atoms with van der Waals surface area (Å²) in [4.78, 5) is 14.5. The van der Waals surface area contributed by atoms with Crippen LogP contribution in [-0.2, 0) is 4.79 Å². The molecule has 15 heavy (non-hydrogen) atoms. The molecule has 0 saturated carbocycles. The second kappa shape index (κ2) is 5.70. The lowest BCUT2D eigenvalue weighted by atomic mass is 10.3. The molecule has 0 atom stereocenters. The van der Waals surface area contributed by atoms with Crippen molar-refractivity contribution in [3.05, 3.63) is 22.3 Å². The van der Waals surface area contributed by atoms with Crippen LogP contribution in [0.3, 0.4) is 0 Å². The van der Waals surface area contributed by atoms with E-state index in [1.165, 1.54) is 0 Å². The maximum absolute atomic E-state index is 10.3. The quantitative estimate of drug-likeness (QED) is 0.809. The molecule has 4 nitrogen and oxygen atoms in total. The van der Waals surface area contributed by atoms with Crippen molar-refractivity contribution in [2.24, 2.45) is 0 Å². The summed E-state index contributed by atoms with van der Waals surface area (Å²) in [5.41, 5.74) is 1.08. The number of hydrogen-bond donors (Lipinski definition) is 2. The first-order valence-electron chi connectivity index (χ1n) is 4.67. The Morgan fingerprint density at radius 3 is 3.00 bits per heavy atom. The molecule has 0 aliphatic heterocycles. The summed E-state index contributed by atoms with van der Waals surface area (Å²) >= 11 is 3.39. The van der Waals surface area contributed by atoms with Crippen molar-refractivity contribution in [3.63, 3.8) is 0 Å². The molecule has 0 spiro atoms. The van der Waals surface area contributed by atoms with Gasteiger partial charge in [0.2, 0.25) is 0 Å². The Morgan fingerprint density at radius 2 is 2.40 bits per heavy atom. The average molecular weight is 273 g/mol. The standard InChI is InChI=1S/C10H13BrN2O2/c1-7-5-8(11)10(13-6-7)12-4-2-3-9(14)15/h5-6H,2-4H2,1H3,(H,12,13)(H,14,15). The molecule has 0 radical (unpaired) electrons. The van der Waals surface area contributed by atoms with E-state index in [0.29, 0.717) is 13.0 Å². The Bertz CT molecular complexity index is 355. The van der Waals surface area contributed by atoms with Crippen LogP contribution in [0.25, 0.3) is 0 Å². The van der Waals surface area contributed by atoms with Gasteiger partial charge >= 0.3 is 5.97 Å². The number of nitrogens with zero attached hydrogens (tertiary/aromatic N) is 1. The molecular weight excluding hydrogens is 260 g/mol. The fraction of sp³-hybridized carbons (Fsp3) is 0.400. The fourth-order valence-corrected chi connectivity index (χ4v) is 1.71. The van der Waals surface area contributed by atoms with Gasteiger partial charge in [-0.25, -0.2) is 4.98 Å². The van der Waals surface area contributed by atoms with Crippen molar-refractivity contribution in [2.75, 3.05) is 11.9 Å². The molecule has 5 heteroatoms. The van der Waals surface area contributed by atoms with Gasteiger partial charge in [-0.3, -0.25) is 4.79 Å². The lowest BCUT2D eigenvalue weighted by Crippen LogP contribution is -2.06. The molecule has 0 bridgehead atoms. The van der Waals surface area contributed by atoms with E-state index in [4.69, 9.17) is 5.11 Å². The Kier molecular flexibility index (Phi) is 4.55. The monoisotopic (exact) mass is 272 g/mol. The molecule has 0 aliphatic rings. The molecule has 2 N–H and O–H groups in total. The van der Waals surface area contributed by atoms with Gasteiger partial charge < -0.3 is 10.4 Å².